The van der Waals surface area contributed by atoms with Crippen LogP contribution in [0.25, 0.3) is 0 Å². The molecule has 30 heavy (non-hydrogen) atoms. The summed E-state index contributed by atoms with van der Waals surface area (Å²) in [6.45, 7) is 5.30. The second-order valence-electron chi connectivity index (χ2n) is 8.13. The molecule has 2 unspecified atom stereocenters. The van der Waals surface area contributed by atoms with Gasteiger partial charge in [0.2, 0.25) is 0 Å². The summed E-state index contributed by atoms with van der Waals surface area (Å²) >= 11 is 2.08. The number of hydrogen-bond donors (Lipinski definition) is 0. The van der Waals surface area contributed by atoms with Gasteiger partial charge in [0.25, 0.3) is 0 Å². The maximum absolute atomic E-state index is 12.3. The van der Waals surface area contributed by atoms with Gasteiger partial charge in [-0.1, -0.05) is 60.7 Å². The van der Waals surface area contributed by atoms with Crippen LogP contribution in [0.3, 0.4) is 0 Å². The molecule has 4 nitrogen and oxygen atoms in total. The number of thioether (sulfide) groups is 1. The van der Waals surface area contributed by atoms with Crippen molar-refractivity contribution in [1.29, 1.82) is 0 Å². The highest BCUT2D eigenvalue weighted by Crippen LogP contribution is 2.43. The van der Waals surface area contributed by atoms with Gasteiger partial charge in [-0.3, -0.25) is 9.80 Å². The SMILES string of the molecule is CCOCCCC1SC[C@H]2[C@@H]1N(Cc1ccccc1)C(C=O)N2Cc1ccccc1. The summed E-state index contributed by atoms with van der Waals surface area (Å²) in [6, 6.07) is 21.9. The molecule has 0 N–H and O–H groups in total. The summed E-state index contributed by atoms with van der Waals surface area (Å²) < 4.78 is 5.58. The van der Waals surface area contributed by atoms with E-state index in [1.165, 1.54) is 11.1 Å². The fourth-order valence-electron chi connectivity index (χ4n) is 4.90. The van der Waals surface area contributed by atoms with Crippen molar-refractivity contribution < 1.29 is 9.53 Å². The van der Waals surface area contributed by atoms with Crippen LogP contribution in [0, 0.1) is 0 Å². The lowest BCUT2D eigenvalue weighted by Gasteiger charge is -2.31. The van der Waals surface area contributed by atoms with Crippen molar-refractivity contribution >= 4 is 18.0 Å². The van der Waals surface area contributed by atoms with Crippen LogP contribution in [0.15, 0.2) is 60.7 Å². The molecule has 0 bridgehead atoms. The third kappa shape index (κ3) is 4.80. The molecule has 2 aliphatic rings. The number of aldehydes is 1. The normalized spacial score (nSPS) is 26.7. The zero-order valence-electron chi connectivity index (χ0n) is 17.7. The molecule has 0 saturated carbocycles. The van der Waals surface area contributed by atoms with Gasteiger partial charge in [-0.15, -0.1) is 0 Å². The van der Waals surface area contributed by atoms with Crippen LogP contribution in [0.4, 0.5) is 0 Å². The van der Waals surface area contributed by atoms with Gasteiger partial charge in [-0.25, -0.2) is 0 Å². The van der Waals surface area contributed by atoms with Crippen molar-refractivity contribution in [2.24, 2.45) is 0 Å². The summed E-state index contributed by atoms with van der Waals surface area (Å²) in [4.78, 5) is 17.2. The lowest BCUT2D eigenvalue weighted by Crippen LogP contribution is -2.44. The Kier molecular flexibility index (Phi) is 7.61. The highest BCUT2D eigenvalue weighted by atomic mass is 32.2. The van der Waals surface area contributed by atoms with Gasteiger partial charge in [0.05, 0.1) is 0 Å². The Morgan fingerprint density at radius 2 is 1.63 bits per heavy atom. The monoisotopic (exact) mass is 424 g/mol. The van der Waals surface area contributed by atoms with E-state index in [9.17, 15) is 4.79 Å². The number of rotatable bonds is 10. The second kappa shape index (κ2) is 10.6. The minimum Gasteiger partial charge on any atom is -0.382 e. The summed E-state index contributed by atoms with van der Waals surface area (Å²) in [5.74, 6) is 1.09. The van der Waals surface area contributed by atoms with Crippen molar-refractivity contribution in [3.8, 4) is 0 Å². The zero-order valence-corrected chi connectivity index (χ0v) is 18.5. The third-order valence-electron chi connectivity index (χ3n) is 6.26. The van der Waals surface area contributed by atoms with Crippen molar-refractivity contribution in [1.82, 2.24) is 9.80 Å². The zero-order chi connectivity index (χ0) is 20.8. The van der Waals surface area contributed by atoms with Crippen LogP contribution in [-0.4, -0.2) is 58.6 Å². The number of ether oxygens (including phenoxy) is 1. The topological polar surface area (TPSA) is 32.8 Å². The van der Waals surface area contributed by atoms with Crippen LogP contribution >= 0.6 is 11.8 Å². The molecule has 2 saturated heterocycles. The van der Waals surface area contributed by atoms with Crippen LogP contribution < -0.4 is 0 Å². The lowest BCUT2D eigenvalue weighted by atomic mass is 10.0. The Hall–Kier alpha value is -1.66. The molecule has 160 valence electrons. The molecule has 4 atom stereocenters. The van der Waals surface area contributed by atoms with Gasteiger partial charge in [-0.2, -0.15) is 11.8 Å². The van der Waals surface area contributed by atoms with Crippen LogP contribution in [0.1, 0.15) is 30.9 Å². The molecule has 5 heteroatoms. The number of carbonyl (C=O) groups is 1. The van der Waals surface area contributed by atoms with Gasteiger partial charge >= 0.3 is 0 Å². The maximum atomic E-state index is 12.3. The number of fused-ring (bicyclic) bond motifs is 1. The summed E-state index contributed by atoms with van der Waals surface area (Å²) in [6.07, 6.45) is 3.21. The highest BCUT2D eigenvalue weighted by Gasteiger charge is 2.53. The Balaban J connectivity index is 1.56. The Morgan fingerprint density at radius 1 is 1.00 bits per heavy atom. The number of nitrogens with zero attached hydrogens (tertiary/aromatic N) is 2. The van der Waals surface area contributed by atoms with Crippen LogP contribution in [-0.2, 0) is 22.6 Å². The van der Waals surface area contributed by atoms with Crippen molar-refractivity contribution in [2.75, 3.05) is 19.0 Å². The smallest absolute Gasteiger partial charge is 0.151 e. The molecule has 0 amide bonds. The van der Waals surface area contributed by atoms with E-state index in [0.29, 0.717) is 17.3 Å². The largest absolute Gasteiger partial charge is 0.382 e. The first-order valence-electron chi connectivity index (χ1n) is 11.1. The third-order valence-corrected chi connectivity index (χ3v) is 7.74. The summed E-state index contributed by atoms with van der Waals surface area (Å²) in [5.41, 5.74) is 2.55. The molecule has 4 rings (SSSR count). The molecule has 0 radical (unpaired) electrons. The van der Waals surface area contributed by atoms with E-state index < -0.39 is 0 Å². The van der Waals surface area contributed by atoms with Crippen LogP contribution in [0.2, 0.25) is 0 Å². The molecule has 0 aromatic heterocycles. The molecule has 2 heterocycles. The standard InChI is InChI=1S/C25H32N2O2S/c1-2-29-15-9-14-23-25-22(19-30-23)26(16-20-10-5-3-6-11-20)24(18-28)27(25)17-21-12-7-4-8-13-21/h3-8,10-13,18,22-25H,2,9,14-17,19H2,1H3/t22-,23?,24?,25-/m0/s1. The number of benzene rings is 2. The van der Waals surface area contributed by atoms with Gasteiger partial charge in [-0.05, 0) is 30.9 Å². The lowest BCUT2D eigenvalue weighted by molar-refractivity contribution is -0.116. The quantitative estimate of drug-likeness (QED) is 0.422. The molecular weight excluding hydrogens is 392 g/mol. The van der Waals surface area contributed by atoms with Gasteiger partial charge in [0, 0.05) is 49.4 Å². The molecule has 2 aliphatic heterocycles. The Labute approximate surface area is 184 Å². The minimum absolute atomic E-state index is 0.171. The van der Waals surface area contributed by atoms with E-state index in [1.54, 1.807) is 0 Å². The first-order valence-corrected chi connectivity index (χ1v) is 12.1. The van der Waals surface area contributed by atoms with Gasteiger partial charge < -0.3 is 9.53 Å². The summed E-state index contributed by atoms with van der Waals surface area (Å²) in [5, 5.41) is 0.544. The van der Waals surface area contributed by atoms with Crippen molar-refractivity contribution in [3.05, 3.63) is 71.8 Å². The van der Waals surface area contributed by atoms with E-state index >= 15 is 0 Å². The molecule has 0 spiro atoms. The van der Waals surface area contributed by atoms with E-state index in [0.717, 1.165) is 51.2 Å². The van der Waals surface area contributed by atoms with E-state index in [1.807, 2.05) is 0 Å². The minimum atomic E-state index is -0.171. The molecule has 0 aliphatic carbocycles. The number of carbonyl (C=O) groups excluding carboxylic acids is 1. The summed E-state index contributed by atoms with van der Waals surface area (Å²) in [7, 11) is 0. The van der Waals surface area contributed by atoms with Crippen LogP contribution in [0.5, 0.6) is 0 Å². The van der Waals surface area contributed by atoms with Crippen molar-refractivity contribution in [2.45, 2.75) is 56.4 Å². The second-order valence-corrected chi connectivity index (χ2v) is 9.41. The first kappa shape index (κ1) is 21.6. The number of hydrogen-bond acceptors (Lipinski definition) is 5. The average molecular weight is 425 g/mol. The molecule has 2 aromatic carbocycles. The molecule has 2 fully saturated rings. The molecular formula is C25H32N2O2S. The Bertz CT molecular complexity index is 788. The predicted molar refractivity (Wildman–Crippen MR) is 123 cm³/mol. The Morgan fingerprint density at radius 3 is 2.23 bits per heavy atom. The molecule has 2 aromatic rings. The fourth-order valence-corrected chi connectivity index (χ4v) is 6.60. The van der Waals surface area contributed by atoms with E-state index in [4.69, 9.17) is 4.74 Å². The predicted octanol–water partition coefficient (Wildman–Crippen LogP) is 4.20. The van der Waals surface area contributed by atoms with Gasteiger partial charge in [0.15, 0.2) is 6.29 Å². The van der Waals surface area contributed by atoms with Gasteiger partial charge in [0.1, 0.15) is 6.17 Å². The fraction of sp³-hybridized carbons (Fsp3) is 0.480. The first-order chi connectivity index (χ1) is 14.8. The van der Waals surface area contributed by atoms with Crippen molar-refractivity contribution in [3.63, 3.8) is 0 Å². The van der Waals surface area contributed by atoms with E-state index in [-0.39, 0.29) is 6.17 Å². The maximum Gasteiger partial charge on any atom is 0.151 e. The average Bonchev–Trinajstić information content (AvgIpc) is 3.32. The highest BCUT2D eigenvalue weighted by molar-refractivity contribution is 8.00. The van der Waals surface area contributed by atoms with E-state index in [2.05, 4.69) is 89.1 Å².